The van der Waals surface area contributed by atoms with Gasteiger partial charge in [-0.05, 0) is 33.6 Å². The van der Waals surface area contributed by atoms with E-state index in [0.717, 1.165) is 12.8 Å². The van der Waals surface area contributed by atoms with Crippen molar-refractivity contribution in [1.82, 2.24) is 9.62 Å². The zero-order valence-corrected chi connectivity index (χ0v) is 12.7. The lowest BCUT2D eigenvalue weighted by Gasteiger charge is -2.58. The Morgan fingerprint density at radius 1 is 1.32 bits per heavy atom. The third-order valence-corrected chi connectivity index (χ3v) is 4.21. The van der Waals surface area contributed by atoms with Crippen molar-refractivity contribution in [1.29, 1.82) is 0 Å². The molecule has 0 aromatic heterocycles. The first-order valence-electron chi connectivity index (χ1n) is 6.43. The minimum Gasteiger partial charge on any atom is -0.444 e. The van der Waals surface area contributed by atoms with E-state index < -0.39 is 15.6 Å². The SMILES string of the molecule is CC(C)(C)OC(=O)N1CC2(CC(NS(C)(=O)=O)C2)C1. The summed E-state index contributed by atoms with van der Waals surface area (Å²) in [4.78, 5) is 13.5. The van der Waals surface area contributed by atoms with E-state index >= 15 is 0 Å². The Labute approximate surface area is 114 Å². The highest BCUT2D eigenvalue weighted by Crippen LogP contribution is 2.48. The fourth-order valence-electron chi connectivity index (χ4n) is 2.85. The topological polar surface area (TPSA) is 75.7 Å². The summed E-state index contributed by atoms with van der Waals surface area (Å²) in [7, 11) is -3.13. The Bertz CT molecular complexity index is 466. The third-order valence-electron chi connectivity index (χ3n) is 3.44. The Balaban J connectivity index is 1.75. The lowest BCUT2D eigenvalue weighted by molar-refractivity contribution is -0.0794. The molecule has 0 radical (unpaired) electrons. The van der Waals surface area contributed by atoms with E-state index in [-0.39, 0.29) is 17.6 Å². The van der Waals surface area contributed by atoms with Crippen molar-refractivity contribution in [2.45, 2.75) is 45.3 Å². The Morgan fingerprint density at radius 2 is 1.84 bits per heavy atom. The van der Waals surface area contributed by atoms with Crippen LogP contribution in [0.25, 0.3) is 0 Å². The van der Waals surface area contributed by atoms with Gasteiger partial charge in [-0.3, -0.25) is 0 Å². The number of nitrogens with one attached hydrogen (secondary N) is 1. The molecule has 0 aromatic carbocycles. The van der Waals surface area contributed by atoms with Crippen molar-refractivity contribution in [3.63, 3.8) is 0 Å². The maximum Gasteiger partial charge on any atom is 0.410 e. The third kappa shape index (κ3) is 3.60. The number of carbonyl (C=O) groups is 1. The molecule has 1 spiro atoms. The standard InChI is InChI=1S/C12H22N2O4S/c1-11(2,3)18-10(15)14-7-12(8-14)5-9(6-12)13-19(4,16)17/h9,13H,5-8H2,1-4H3. The number of carbonyl (C=O) groups excluding carboxylic acids is 1. The number of sulfonamides is 1. The number of nitrogens with zero attached hydrogens (tertiary/aromatic N) is 1. The van der Waals surface area contributed by atoms with E-state index in [9.17, 15) is 13.2 Å². The minimum atomic E-state index is -3.13. The molecule has 0 unspecified atom stereocenters. The van der Waals surface area contributed by atoms with Gasteiger partial charge in [0.05, 0.1) is 6.26 Å². The molecule has 1 amide bonds. The summed E-state index contributed by atoms with van der Waals surface area (Å²) < 4.78 is 30.1. The van der Waals surface area contributed by atoms with Crippen molar-refractivity contribution < 1.29 is 17.9 Å². The monoisotopic (exact) mass is 290 g/mol. The normalized spacial score (nSPS) is 22.8. The van der Waals surface area contributed by atoms with Gasteiger partial charge in [-0.15, -0.1) is 0 Å². The quantitative estimate of drug-likeness (QED) is 0.821. The molecule has 1 aliphatic heterocycles. The van der Waals surface area contributed by atoms with Gasteiger partial charge in [-0.2, -0.15) is 0 Å². The summed E-state index contributed by atoms with van der Waals surface area (Å²) in [5.41, 5.74) is -0.362. The van der Waals surface area contributed by atoms with Gasteiger partial charge in [0, 0.05) is 24.5 Å². The van der Waals surface area contributed by atoms with Crippen LogP contribution in [0.2, 0.25) is 0 Å². The van der Waals surface area contributed by atoms with Crippen LogP contribution in [0.3, 0.4) is 0 Å². The molecule has 1 heterocycles. The molecule has 110 valence electrons. The molecule has 2 rings (SSSR count). The van der Waals surface area contributed by atoms with Gasteiger partial charge >= 0.3 is 6.09 Å². The Morgan fingerprint density at radius 3 is 2.26 bits per heavy atom. The van der Waals surface area contributed by atoms with E-state index in [1.165, 1.54) is 6.26 Å². The van der Waals surface area contributed by atoms with Gasteiger partial charge in [0.2, 0.25) is 10.0 Å². The van der Waals surface area contributed by atoms with Crippen LogP contribution in [0.5, 0.6) is 0 Å². The van der Waals surface area contributed by atoms with Gasteiger partial charge in [-0.1, -0.05) is 0 Å². The van der Waals surface area contributed by atoms with Crippen LogP contribution < -0.4 is 4.72 Å². The van der Waals surface area contributed by atoms with Crippen LogP contribution in [0.15, 0.2) is 0 Å². The highest BCUT2D eigenvalue weighted by Gasteiger charge is 2.54. The average Bonchev–Trinajstić information content (AvgIpc) is 2.00. The molecule has 2 fully saturated rings. The first-order chi connectivity index (χ1) is 8.48. The fraction of sp³-hybridized carbons (Fsp3) is 0.917. The van der Waals surface area contributed by atoms with Crippen molar-refractivity contribution >= 4 is 16.1 Å². The van der Waals surface area contributed by atoms with E-state index in [4.69, 9.17) is 4.74 Å². The zero-order valence-electron chi connectivity index (χ0n) is 11.9. The number of hydrogen-bond donors (Lipinski definition) is 1. The highest BCUT2D eigenvalue weighted by molar-refractivity contribution is 7.88. The van der Waals surface area contributed by atoms with Crippen LogP contribution >= 0.6 is 0 Å². The molecule has 7 heteroatoms. The molecule has 1 saturated carbocycles. The second-order valence-electron chi connectivity index (χ2n) is 6.83. The highest BCUT2D eigenvalue weighted by atomic mass is 32.2. The minimum absolute atomic E-state index is 0.0239. The number of likely N-dealkylation sites (tertiary alicyclic amines) is 1. The van der Waals surface area contributed by atoms with E-state index in [1.807, 2.05) is 20.8 Å². The average molecular weight is 290 g/mol. The van der Waals surface area contributed by atoms with E-state index in [0.29, 0.717) is 13.1 Å². The largest absolute Gasteiger partial charge is 0.444 e. The zero-order chi connectivity index (χ0) is 14.5. The number of amides is 1. The molecule has 0 aromatic rings. The summed E-state index contributed by atoms with van der Waals surface area (Å²) in [6.45, 7) is 6.87. The molecule has 1 saturated heterocycles. The smallest absolute Gasteiger partial charge is 0.410 e. The first kappa shape index (κ1) is 14.6. The summed E-state index contributed by atoms with van der Waals surface area (Å²) in [5, 5.41) is 0. The van der Waals surface area contributed by atoms with Gasteiger partial charge in [-0.25, -0.2) is 17.9 Å². The lowest BCUT2D eigenvalue weighted by atomic mass is 9.61. The lowest BCUT2D eigenvalue weighted by Crippen LogP contribution is -2.67. The van der Waals surface area contributed by atoms with Gasteiger partial charge in [0.15, 0.2) is 0 Å². The van der Waals surface area contributed by atoms with Gasteiger partial charge in [0.1, 0.15) is 5.60 Å². The predicted octanol–water partition coefficient (Wildman–Crippen LogP) is 0.935. The first-order valence-corrected chi connectivity index (χ1v) is 8.32. The summed E-state index contributed by atoms with van der Waals surface area (Å²) in [5.74, 6) is 0. The van der Waals surface area contributed by atoms with Crippen molar-refractivity contribution in [3.05, 3.63) is 0 Å². The summed E-state index contributed by atoms with van der Waals surface area (Å²) in [6.07, 6.45) is 2.50. The molecule has 1 N–H and O–H groups in total. The van der Waals surface area contributed by atoms with Crippen LogP contribution in [-0.2, 0) is 14.8 Å². The van der Waals surface area contributed by atoms with Crippen LogP contribution in [-0.4, -0.2) is 50.4 Å². The molecular weight excluding hydrogens is 268 g/mol. The second-order valence-corrected chi connectivity index (χ2v) is 8.61. The number of hydrogen-bond acceptors (Lipinski definition) is 4. The number of ether oxygens (including phenoxy) is 1. The second kappa shape index (κ2) is 4.34. The predicted molar refractivity (Wildman–Crippen MR) is 71.2 cm³/mol. The van der Waals surface area contributed by atoms with Crippen LogP contribution in [0.4, 0.5) is 4.79 Å². The molecular formula is C12H22N2O4S. The maximum atomic E-state index is 11.8. The van der Waals surface area contributed by atoms with Crippen LogP contribution in [0.1, 0.15) is 33.6 Å². The van der Waals surface area contributed by atoms with Crippen LogP contribution in [0, 0.1) is 5.41 Å². The Kier molecular flexibility index (Phi) is 3.33. The molecule has 2 aliphatic rings. The van der Waals surface area contributed by atoms with Crippen molar-refractivity contribution in [2.24, 2.45) is 5.41 Å². The maximum absolute atomic E-state index is 11.8. The Hall–Kier alpha value is -0.820. The summed E-state index contributed by atoms with van der Waals surface area (Å²) >= 11 is 0. The van der Waals surface area contributed by atoms with E-state index in [2.05, 4.69) is 4.72 Å². The molecule has 6 nitrogen and oxygen atoms in total. The molecule has 0 atom stereocenters. The molecule has 0 bridgehead atoms. The van der Waals surface area contributed by atoms with Crippen molar-refractivity contribution in [2.75, 3.05) is 19.3 Å². The summed E-state index contributed by atoms with van der Waals surface area (Å²) in [6, 6.07) is 0.0239. The number of rotatable bonds is 2. The van der Waals surface area contributed by atoms with Gasteiger partial charge in [0.25, 0.3) is 0 Å². The van der Waals surface area contributed by atoms with Crippen molar-refractivity contribution in [3.8, 4) is 0 Å². The fourth-order valence-corrected chi connectivity index (χ4v) is 3.62. The van der Waals surface area contributed by atoms with Gasteiger partial charge < -0.3 is 9.64 Å². The van der Waals surface area contributed by atoms with E-state index in [1.54, 1.807) is 4.90 Å². The molecule has 19 heavy (non-hydrogen) atoms. The molecule has 1 aliphatic carbocycles.